The predicted molar refractivity (Wildman–Crippen MR) is 69.9 cm³/mol. The van der Waals surface area contributed by atoms with Crippen LogP contribution in [0.3, 0.4) is 0 Å². The summed E-state index contributed by atoms with van der Waals surface area (Å²) in [5, 5.41) is 20.1. The van der Waals surface area contributed by atoms with Crippen LogP contribution in [0.2, 0.25) is 0 Å². The molecule has 0 spiro atoms. The second kappa shape index (κ2) is 6.46. The van der Waals surface area contributed by atoms with Crippen LogP contribution in [0.25, 0.3) is 10.8 Å². The number of carbonyl (C=O) groups is 1. The molecule has 0 radical (unpaired) electrons. The molecule has 0 atom stereocenters. The smallest absolute Gasteiger partial charge is 0.273 e. The third kappa shape index (κ3) is 3.19. The van der Waals surface area contributed by atoms with E-state index in [9.17, 15) is 4.79 Å². The topological polar surface area (TPSA) is 86.8 Å². The third-order valence-corrected chi connectivity index (χ3v) is 3.34. The Balaban J connectivity index is 2.14. The van der Waals surface area contributed by atoms with Gasteiger partial charge in [-0.1, -0.05) is 0 Å². The number of nitrogens with zero attached hydrogens (tertiary/aromatic N) is 2. The van der Waals surface area contributed by atoms with E-state index in [4.69, 9.17) is 14.6 Å². The van der Waals surface area contributed by atoms with Crippen LogP contribution in [0.1, 0.15) is 10.5 Å². The van der Waals surface area contributed by atoms with Crippen LogP contribution in [-0.2, 0) is 0 Å². The molecule has 6 nitrogen and oxygen atoms in total. The summed E-state index contributed by atoms with van der Waals surface area (Å²) in [5.41, 5.74) is 0.290. The molecule has 102 valence electrons. The van der Waals surface area contributed by atoms with Crippen molar-refractivity contribution in [1.29, 1.82) is 0 Å². The van der Waals surface area contributed by atoms with Gasteiger partial charge in [0, 0.05) is 18.5 Å². The van der Waals surface area contributed by atoms with Crippen molar-refractivity contribution in [3.05, 3.63) is 29.5 Å². The standard InChI is InChI=1S/C12H14N2O4S/c15-5-3-14(4-6-16)12(17)9-8-19-11(13-9)10-2-1-7-18-10/h1-2,7-8,15-16H,3-6H2. The van der Waals surface area contributed by atoms with Crippen LogP contribution in [0.15, 0.2) is 28.2 Å². The van der Waals surface area contributed by atoms with Crippen molar-refractivity contribution >= 4 is 17.2 Å². The zero-order valence-corrected chi connectivity index (χ0v) is 11.0. The number of hydrogen-bond acceptors (Lipinski definition) is 6. The van der Waals surface area contributed by atoms with Crippen molar-refractivity contribution in [3.8, 4) is 10.8 Å². The Labute approximate surface area is 113 Å². The summed E-state index contributed by atoms with van der Waals surface area (Å²) in [6.45, 7) is 0.0435. The Morgan fingerprint density at radius 3 is 2.68 bits per heavy atom. The van der Waals surface area contributed by atoms with Gasteiger partial charge in [-0.05, 0) is 12.1 Å². The Hall–Kier alpha value is -1.70. The van der Waals surface area contributed by atoms with Crippen molar-refractivity contribution in [2.24, 2.45) is 0 Å². The summed E-state index contributed by atoms with van der Waals surface area (Å²) < 4.78 is 5.21. The second-order valence-electron chi connectivity index (χ2n) is 3.75. The molecule has 0 aliphatic heterocycles. The number of carbonyl (C=O) groups excluding carboxylic acids is 1. The van der Waals surface area contributed by atoms with Gasteiger partial charge in [0.15, 0.2) is 10.8 Å². The summed E-state index contributed by atoms with van der Waals surface area (Å²) in [6, 6.07) is 3.52. The number of hydrogen-bond donors (Lipinski definition) is 2. The first kappa shape index (κ1) is 13.7. The zero-order valence-electron chi connectivity index (χ0n) is 10.2. The number of furan rings is 1. The van der Waals surface area contributed by atoms with E-state index in [1.807, 2.05) is 0 Å². The molecule has 0 saturated carbocycles. The van der Waals surface area contributed by atoms with Gasteiger partial charge in [-0.25, -0.2) is 4.98 Å². The van der Waals surface area contributed by atoms with E-state index in [1.165, 1.54) is 16.2 Å². The van der Waals surface area contributed by atoms with Crippen LogP contribution >= 0.6 is 11.3 Å². The Morgan fingerprint density at radius 2 is 2.11 bits per heavy atom. The number of aromatic nitrogens is 1. The Bertz CT molecular complexity index is 518. The highest BCUT2D eigenvalue weighted by Crippen LogP contribution is 2.24. The van der Waals surface area contributed by atoms with E-state index in [2.05, 4.69) is 4.98 Å². The van der Waals surface area contributed by atoms with E-state index in [0.717, 1.165) is 0 Å². The molecule has 2 heterocycles. The molecule has 19 heavy (non-hydrogen) atoms. The largest absolute Gasteiger partial charge is 0.462 e. The molecule has 0 saturated heterocycles. The molecule has 0 aromatic carbocycles. The van der Waals surface area contributed by atoms with Crippen LogP contribution < -0.4 is 0 Å². The summed E-state index contributed by atoms with van der Waals surface area (Å²) in [7, 11) is 0. The first-order valence-electron chi connectivity index (χ1n) is 5.76. The normalized spacial score (nSPS) is 10.6. The zero-order chi connectivity index (χ0) is 13.7. The fourth-order valence-corrected chi connectivity index (χ4v) is 2.36. The van der Waals surface area contributed by atoms with E-state index in [-0.39, 0.29) is 32.2 Å². The van der Waals surface area contributed by atoms with Crippen molar-refractivity contribution in [2.75, 3.05) is 26.3 Å². The van der Waals surface area contributed by atoms with Crippen molar-refractivity contribution in [2.45, 2.75) is 0 Å². The van der Waals surface area contributed by atoms with Gasteiger partial charge in [-0.15, -0.1) is 11.3 Å². The number of thiazole rings is 1. The molecule has 2 aromatic rings. The average Bonchev–Trinajstić information content (AvgIpc) is 3.08. The maximum Gasteiger partial charge on any atom is 0.273 e. The van der Waals surface area contributed by atoms with Gasteiger partial charge in [-0.3, -0.25) is 4.79 Å². The van der Waals surface area contributed by atoms with Crippen molar-refractivity contribution in [3.63, 3.8) is 0 Å². The van der Waals surface area contributed by atoms with Crippen LogP contribution in [-0.4, -0.2) is 52.3 Å². The quantitative estimate of drug-likeness (QED) is 0.819. The SMILES string of the molecule is O=C(c1csc(-c2ccco2)n1)N(CCO)CCO. The van der Waals surface area contributed by atoms with Gasteiger partial charge < -0.3 is 19.5 Å². The van der Waals surface area contributed by atoms with Crippen molar-refractivity contribution < 1.29 is 19.4 Å². The van der Waals surface area contributed by atoms with Gasteiger partial charge >= 0.3 is 0 Å². The van der Waals surface area contributed by atoms with E-state index < -0.39 is 0 Å². The van der Waals surface area contributed by atoms with Crippen LogP contribution in [0, 0.1) is 0 Å². The number of amides is 1. The third-order valence-electron chi connectivity index (χ3n) is 2.48. The molecule has 2 aromatic heterocycles. The Kier molecular flexibility index (Phi) is 4.67. The summed E-state index contributed by atoms with van der Waals surface area (Å²) >= 11 is 1.31. The molecule has 0 aliphatic rings. The fraction of sp³-hybridized carbons (Fsp3) is 0.333. The number of aliphatic hydroxyl groups is 2. The highest BCUT2D eigenvalue weighted by atomic mass is 32.1. The van der Waals surface area contributed by atoms with Gasteiger partial charge in [-0.2, -0.15) is 0 Å². The molecule has 0 unspecified atom stereocenters. The molecular formula is C12H14N2O4S. The summed E-state index contributed by atoms with van der Waals surface area (Å²) in [5.74, 6) is 0.303. The minimum absolute atomic E-state index is 0.152. The minimum atomic E-state index is -0.308. The van der Waals surface area contributed by atoms with Gasteiger partial charge in [0.1, 0.15) is 5.69 Å². The molecule has 2 N–H and O–H groups in total. The van der Waals surface area contributed by atoms with E-state index in [0.29, 0.717) is 16.5 Å². The van der Waals surface area contributed by atoms with Gasteiger partial charge in [0.25, 0.3) is 5.91 Å². The lowest BCUT2D eigenvalue weighted by Crippen LogP contribution is -2.36. The predicted octanol–water partition coefficient (Wildman–Crippen LogP) is 0.830. The fourth-order valence-electron chi connectivity index (χ4n) is 1.60. The molecular weight excluding hydrogens is 268 g/mol. The molecule has 0 aliphatic carbocycles. The Morgan fingerprint density at radius 1 is 1.37 bits per heavy atom. The van der Waals surface area contributed by atoms with E-state index >= 15 is 0 Å². The van der Waals surface area contributed by atoms with Crippen molar-refractivity contribution in [1.82, 2.24) is 9.88 Å². The monoisotopic (exact) mass is 282 g/mol. The first-order valence-corrected chi connectivity index (χ1v) is 6.64. The lowest BCUT2D eigenvalue weighted by atomic mass is 10.3. The maximum absolute atomic E-state index is 12.1. The van der Waals surface area contributed by atoms with Gasteiger partial charge in [0.05, 0.1) is 19.5 Å². The summed E-state index contributed by atoms with van der Waals surface area (Å²) in [4.78, 5) is 17.7. The molecule has 0 fully saturated rings. The minimum Gasteiger partial charge on any atom is -0.462 e. The number of rotatable bonds is 6. The second-order valence-corrected chi connectivity index (χ2v) is 4.61. The molecule has 2 rings (SSSR count). The molecule has 1 amide bonds. The lowest BCUT2D eigenvalue weighted by molar-refractivity contribution is 0.0680. The average molecular weight is 282 g/mol. The molecule has 0 bridgehead atoms. The highest BCUT2D eigenvalue weighted by molar-refractivity contribution is 7.13. The first-order chi connectivity index (χ1) is 9.26. The van der Waals surface area contributed by atoms with Crippen LogP contribution in [0.4, 0.5) is 0 Å². The lowest BCUT2D eigenvalue weighted by Gasteiger charge is -2.19. The highest BCUT2D eigenvalue weighted by Gasteiger charge is 2.19. The maximum atomic E-state index is 12.1. The molecule has 7 heteroatoms. The van der Waals surface area contributed by atoms with Crippen LogP contribution in [0.5, 0.6) is 0 Å². The summed E-state index contributed by atoms with van der Waals surface area (Å²) in [6.07, 6.45) is 1.54. The van der Waals surface area contributed by atoms with E-state index in [1.54, 1.807) is 23.8 Å². The number of aliphatic hydroxyl groups excluding tert-OH is 2. The van der Waals surface area contributed by atoms with Gasteiger partial charge in [0.2, 0.25) is 0 Å².